The number of amides is 3. The summed E-state index contributed by atoms with van der Waals surface area (Å²) in [6, 6.07) is 8.05. The van der Waals surface area contributed by atoms with E-state index in [4.69, 9.17) is 4.74 Å². The van der Waals surface area contributed by atoms with Crippen molar-refractivity contribution in [3.8, 4) is 0 Å². The minimum Gasteiger partial charge on any atom is -0.394 e. The van der Waals surface area contributed by atoms with Crippen molar-refractivity contribution in [2.24, 2.45) is 11.8 Å². The Balaban J connectivity index is 1.62. The number of aliphatic hydroxyl groups excluding tert-OH is 1. The van der Waals surface area contributed by atoms with Gasteiger partial charge in [0, 0.05) is 26.2 Å². The Hall–Kier alpha value is -2.97. The van der Waals surface area contributed by atoms with Crippen molar-refractivity contribution in [2.45, 2.75) is 62.9 Å². The minimum absolute atomic E-state index is 0.0189. The smallest absolute Gasteiger partial charge is 0.249 e. The average Bonchev–Trinajstić information content (AvgIpc) is 3.22. The highest BCUT2D eigenvalue weighted by atomic mass is 16.5. The summed E-state index contributed by atoms with van der Waals surface area (Å²) in [4.78, 5) is 47.2. The van der Waals surface area contributed by atoms with E-state index in [0.717, 1.165) is 18.4 Å². The molecule has 3 amide bonds. The lowest BCUT2D eigenvalue weighted by Gasteiger charge is -2.40. The van der Waals surface area contributed by atoms with E-state index in [9.17, 15) is 19.5 Å². The monoisotopic (exact) mass is 507 g/mol. The summed E-state index contributed by atoms with van der Waals surface area (Å²) in [6.07, 6.45) is 9.10. The maximum Gasteiger partial charge on any atom is 0.249 e. The standard InChI is InChI=1S/C29H37N3O5/c1-4-10-19(2)31-16-9-14-29-24(23-22(37-29)13-8-15-30(3)26(23)34)27(35)32(25(29)28(31)36)21(18-33)17-20-11-6-5-7-12-20/h5-9,11-14,19,21-25,33H,4,10,15-18H2,1-3H3/t19?,21-,22+,23-,24+,25?,29+/m1/s1. The lowest BCUT2D eigenvalue weighted by Crippen LogP contribution is -2.59. The molecule has 8 nitrogen and oxygen atoms in total. The Bertz CT molecular complexity index is 1100. The summed E-state index contributed by atoms with van der Waals surface area (Å²) in [5.41, 5.74) is -0.313. The van der Waals surface area contributed by atoms with Gasteiger partial charge in [-0.1, -0.05) is 68.0 Å². The van der Waals surface area contributed by atoms with Gasteiger partial charge in [0.15, 0.2) is 0 Å². The third-order valence-electron chi connectivity index (χ3n) is 8.49. The highest BCUT2D eigenvalue weighted by Crippen LogP contribution is 2.54. The van der Waals surface area contributed by atoms with E-state index in [-0.39, 0.29) is 30.4 Å². The van der Waals surface area contributed by atoms with Gasteiger partial charge in [-0.05, 0) is 25.3 Å². The Labute approximate surface area is 218 Å². The molecule has 2 fully saturated rings. The van der Waals surface area contributed by atoms with Crippen LogP contribution in [-0.2, 0) is 25.5 Å². The van der Waals surface area contributed by atoms with Gasteiger partial charge in [0.1, 0.15) is 11.6 Å². The Morgan fingerprint density at radius 2 is 1.84 bits per heavy atom. The quantitative estimate of drug-likeness (QED) is 0.569. The molecule has 0 saturated carbocycles. The zero-order valence-electron chi connectivity index (χ0n) is 21.8. The molecule has 4 heterocycles. The molecule has 2 saturated heterocycles. The molecule has 0 radical (unpaired) electrons. The molecule has 5 rings (SSSR count). The normalized spacial score (nSPS) is 32.6. The third-order valence-corrected chi connectivity index (χ3v) is 8.49. The van der Waals surface area contributed by atoms with Crippen molar-refractivity contribution in [2.75, 3.05) is 26.7 Å². The van der Waals surface area contributed by atoms with E-state index in [0.29, 0.717) is 19.5 Å². The van der Waals surface area contributed by atoms with E-state index >= 15 is 0 Å². The van der Waals surface area contributed by atoms with E-state index in [2.05, 4.69) is 6.92 Å². The largest absolute Gasteiger partial charge is 0.394 e. The number of nitrogens with zero attached hydrogens (tertiary/aromatic N) is 3. The number of benzene rings is 1. The second-order valence-electron chi connectivity index (χ2n) is 10.8. The number of carbonyl (C=O) groups excluding carboxylic acids is 3. The van der Waals surface area contributed by atoms with Gasteiger partial charge in [0.25, 0.3) is 0 Å². The third kappa shape index (κ3) is 4.10. The molecule has 7 atom stereocenters. The van der Waals surface area contributed by atoms with Crippen LogP contribution < -0.4 is 0 Å². The van der Waals surface area contributed by atoms with Gasteiger partial charge in [-0.3, -0.25) is 14.4 Å². The zero-order valence-corrected chi connectivity index (χ0v) is 21.8. The van der Waals surface area contributed by atoms with Crippen LogP contribution in [0.2, 0.25) is 0 Å². The fraction of sp³-hybridized carbons (Fsp3) is 0.552. The molecule has 198 valence electrons. The number of rotatable bonds is 7. The van der Waals surface area contributed by atoms with Crippen molar-refractivity contribution in [3.63, 3.8) is 0 Å². The van der Waals surface area contributed by atoms with Gasteiger partial charge in [0.2, 0.25) is 17.7 Å². The van der Waals surface area contributed by atoms with Crippen LogP contribution in [0.1, 0.15) is 32.3 Å². The number of hydrogen-bond donors (Lipinski definition) is 1. The van der Waals surface area contributed by atoms with Gasteiger partial charge >= 0.3 is 0 Å². The van der Waals surface area contributed by atoms with Crippen LogP contribution in [0.25, 0.3) is 0 Å². The summed E-state index contributed by atoms with van der Waals surface area (Å²) in [6.45, 7) is 4.67. The van der Waals surface area contributed by atoms with Gasteiger partial charge in [0.05, 0.1) is 30.6 Å². The zero-order chi connectivity index (χ0) is 26.3. The van der Waals surface area contributed by atoms with Gasteiger partial charge in [-0.15, -0.1) is 0 Å². The minimum atomic E-state index is -1.27. The molecule has 4 aliphatic heterocycles. The predicted octanol–water partition coefficient (Wildman–Crippen LogP) is 1.79. The Kier molecular flexibility index (Phi) is 6.98. The number of aliphatic hydroxyl groups is 1. The maximum absolute atomic E-state index is 14.4. The molecule has 0 aliphatic carbocycles. The van der Waals surface area contributed by atoms with Crippen molar-refractivity contribution in [3.05, 3.63) is 60.2 Å². The second kappa shape index (κ2) is 10.1. The molecule has 37 heavy (non-hydrogen) atoms. The van der Waals surface area contributed by atoms with Gasteiger partial charge in [-0.25, -0.2) is 0 Å². The van der Waals surface area contributed by atoms with E-state index in [1.54, 1.807) is 16.8 Å². The molecule has 1 N–H and O–H groups in total. The van der Waals surface area contributed by atoms with Crippen molar-refractivity contribution in [1.29, 1.82) is 0 Å². The van der Waals surface area contributed by atoms with Crippen LogP contribution in [0.4, 0.5) is 0 Å². The number of ether oxygens (including phenoxy) is 1. The highest BCUT2D eigenvalue weighted by molar-refractivity contribution is 6.00. The van der Waals surface area contributed by atoms with Crippen molar-refractivity contribution < 1.29 is 24.2 Å². The van der Waals surface area contributed by atoms with Crippen LogP contribution in [0.3, 0.4) is 0 Å². The molecular weight excluding hydrogens is 470 g/mol. The van der Waals surface area contributed by atoms with Gasteiger partial charge < -0.3 is 24.5 Å². The van der Waals surface area contributed by atoms with Crippen LogP contribution in [0.5, 0.6) is 0 Å². The first kappa shape index (κ1) is 25.7. The molecule has 4 aliphatic rings. The first-order chi connectivity index (χ1) is 17.8. The summed E-state index contributed by atoms with van der Waals surface area (Å²) >= 11 is 0. The van der Waals surface area contributed by atoms with Gasteiger partial charge in [-0.2, -0.15) is 0 Å². The lowest BCUT2D eigenvalue weighted by atomic mass is 9.77. The first-order valence-electron chi connectivity index (χ1n) is 13.4. The average molecular weight is 508 g/mol. The summed E-state index contributed by atoms with van der Waals surface area (Å²) in [5, 5.41) is 10.5. The summed E-state index contributed by atoms with van der Waals surface area (Å²) < 4.78 is 6.65. The number of carbonyl (C=O) groups is 3. The fourth-order valence-electron chi connectivity index (χ4n) is 6.72. The molecule has 1 aromatic rings. The summed E-state index contributed by atoms with van der Waals surface area (Å²) in [5.74, 6) is -2.21. The van der Waals surface area contributed by atoms with Crippen LogP contribution in [0.15, 0.2) is 54.6 Å². The lowest BCUT2D eigenvalue weighted by molar-refractivity contribution is -0.152. The van der Waals surface area contributed by atoms with Crippen molar-refractivity contribution in [1.82, 2.24) is 14.7 Å². The molecular formula is C29H37N3O5. The molecule has 0 aromatic heterocycles. The number of likely N-dealkylation sites (N-methyl/N-ethyl adjacent to an activating group) is 1. The molecule has 0 bridgehead atoms. The first-order valence-corrected chi connectivity index (χ1v) is 13.4. The van der Waals surface area contributed by atoms with Crippen LogP contribution >= 0.6 is 0 Å². The van der Waals surface area contributed by atoms with E-state index < -0.39 is 35.6 Å². The van der Waals surface area contributed by atoms with E-state index in [1.165, 1.54) is 0 Å². The van der Waals surface area contributed by atoms with Crippen LogP contribution in [0, 0.1) is 11.8 Å². The fourth-order valence-corrected chi connectivity index (χ4v) is 6.72. The van der Waals surface area contributed by atoms with Crippen molar-refractivity contribution >= 4 is 17.7 Å². The number of hydrogen-bond acceptors (Lipinski definition) is 5. The Morgan fingerprint density at radius 1 is 1.08 bits per heavy atom. The topological polar surface area (TPSA) is 90.4 Å². The molecule has 1 aromatic carbocycles. The maximum atomic E-state index is 14.4. The SMILES string of the molecule is CCCC(C)N1CC=C[C@]23O[C@H]4C=CCN(C)C(=O)[C@H]4[C@H]2C(=O)N([C@@H](CO)Cc2ccccc2)C3C1=O. The highest BCUT2D eigenvalue weighted by Gasteiger charge is 2.72. The number of fused-ring (bicyclic) bond motifs is 2. The number of likely N-dealkylation sites (tertiary alicyclic amines) is 1. The Morgan fingerprint density at radius 3 is 2.54 bits per heavy atom. The predicted molar refractivity (Wildman–Crippen MR) is 138 cm³/mol. The second-order valence-corrected chi connectivity index (χ2v) is 10.8. The summed E-state index contributed by atoms with van der Waals surface area (Å²) in [7, 11) is 1.73. The molecule has 1 spiro atoms. The van der Waals surface area contributed by atoms with E-state index in [1.807, 2.05) is 66.5 Å². The van der Waals surface area contributed by atoms with Crippen LogP contribution in [-0.4, -0.2) is 94.1 Å². The molecule has 8 heteroatoms. The molecule has 2 unspecified atom stereocenters.